The van der Waals surface area contributed by atoms with Crippen LogP contribution in [0.2, 0.25) is 0 Å². The maximum Gasteiger partial charge on any atom is 0.326 e. The van der Waals surface area contributed by atoms with Crippen molar-refractivity contribution in [3.05, 3.63) is 35.9 Å². The van der Waals surface area contributed by atoms with Crippen LogP contribution in [0.3, 0.4) is 0 Å². The zero-order chi connectivity index (χ0) is 13.4. The molecule has 0 aliphatic rings. The first kappa shape index (κ1) is 13.7. The van der Waals surface area contributed by atoms with Gasteiger partial charge in [-0.15, -0.1) is 0 Å². The highest BCUT2D eigenvalue weighted by molar-refractivity contribution is 5.83. The van der Waals surface area contributed by atoms with Crippen LogP contribution in [-0.2, 0) is 20.7 Å². The van der Waals surface area contributed by atoms with E-state index in [0.29, 0.717) is 0 Å². The molecule has 0 saturated carbocycles. The maximum absolute atomic E-state index is 11.5. The van der Waals surface area contributed by atoms with Crippen LogP contribution in [-0.4, -0.2) is 24.5 Å². The number of ether oxygens (including phenoxy) is 1. The van der Waals surface area contributed by atoms with Gasteiger partial charge in [-0.05, 0) is 12.5 Å². The highest BCUT2D eigenvalue weighted by atomic mass is 16.5. The average molecular weight is 246 g/mol. The molecule has 1 amide bonds. The number of esters is 1. The summed E-state index contributed by atoms with van der Waals surface area (Å²) in [6.07, 6.45) is -0.592. The number of nitriles is 1. The number of nitrogens with zero attached hydrogens (tertiary/aromatic N) is 1. The third-order valence-electron chi connectivity index (χ3n) is 2.13. The molecule has 0 aliphatic carbocycles. The minimum absolute atomic E-state index is 0.210. The molecule has 0 unspecified atom stereocenters. The van der Waals surface area contributed by atoms with E-state index in [0.717, 1.165) is 5.56 Å². The molecule has 0 fully saturated rings. The van der Waals surface area contributed by atoms with Gasteiger partial charge in [0.1, 0.15) is 12.6 Å². The van der Waals surface area contributed by atoms with Crippen LogP contribution in [0.4, 0.5) is 0 Å². The molecule has 1 aromatic carbocycles. The molecule has 0 aromatic heterocycles. The molecule has 18 heavy (non-hydrogen) atoms. The quantitative estimate of drug-likeness (QED) is 0.779. The molecule has 5 nitrogen and oxygen atoms in total. The Kier molecular flexibility index (Phi) is 5.39. The van der Waals surface area contributed by atoms with Gasteiger partial charge in [0.25, 0.3) is 0 Å². The number of hydrogen-bond acceptors (Lipinski definition) is 4. The number of carbonyl (C=O) groups is 2. The number of nitrogens with one attached hydrogen (secondary N) is 1. The van der Waals surface area contributed by atoms with Crippen molar-refractivity contribution in [2.75, 3.05) is 6.54 Å². The minimum atomic E-state index is -0.802. The van der Waals surface area contributed by atoms with Gasteiger partial charge in [-0.1, -0.05) is 30.3 Å². The fourth-order valence-corrected chi connectivity index (χ4v) is 1.28. The zero-order valence-corrected chi connectivity index (χ0v) is 10.1. The Bertz CT molecular complexity index is 451. The monoisotopic (exact) mass is 246 g/mol. The average Bonchev–Trinajstić information content (AvgIpc) is 2.37. The number of amides is 1. The first-order chi connectivity index (χ1) is 8.61. The van der Waals surface area contributed by atoms with E-state index in [4.69, 9.17) is 5.26 Å². The summed E-state index contributed by atoms with van der Waals surface area (Å²) in [6.45, 7) is 1.24. The summed E-state index contributed by atoms with van der Waals surface area (Å²) >= 11 is 0. The van der Waals surface area contributed by atoms with E-state index in [1.54, 1.807) is 6.07 Å². The highest BCUT2D eigenvalue weighted by Gasteiger charge is 2.10. The number of carbonyl (C=O) groups excluding carboxylic acids is 2. The van der Waals surface area contributed by atoms with Crippen LogP contribution < -0.4 is 5.32 Å². The van der Waals surface area contributed by atoms with Crippen LogP contribution in [0.15, 0.2) is 30.3 Å². The lowest BCUT2D eigenvalue weighted by atomic mass is 10.1. The Balaban J connectivity index is 2.30. The lowest BCUT2D eigenvalue weighted by Crippen LogP contribution is -2.32. The van der Waals surface area contributed by atoms with E-state index in [1.807, 2.05) is 30.3 Å². The lowest BCUT2D eigenvalue weighted by molar-refractivity contribution is -0.146. The van der Waals surface area contributed by atoms with Gasteiger partial charge in [0, 0.05) is 0 Å². The summed E-state index contributed by atoms with van der Waals surface area (Å²) in [5, 5.41) is 10.9. The Morgan fingerprint density at radius 3 is 2.67 bits per heavy atom. The standard InChI is InChI=1S/C13H14N2O3/c1-10(8-14)18-13(17)9-15-12(16)7-11-5-3-2-4-6-11/h2-6,10H,7,9H2,1H3,(H,15,16)/t10-/m1/s1. The van der Waals surface area contributed by atoms with Crippen molar-refractivity contribution in [3.63, 3.8) is 0 Å². The summed E-state index contributed by atoms with van der Waals surface area (Å²) in [6, 6.07) is 11.0. The Morgan fingerprint density at radius 2 is 2.06 bits per heavy atom. The van der Waals surface area contributed by atoms with Gasteiger partial charge < -0.3 is 10.1 Å². The number of benzene rings is 1. The molecule has 0 aliphatic heterocycles. The van der Waals surface area contributed by atoms with Crippen molar-refractivity contribution in [3.8, 4) is 6.07 Å². The van der Waals surface area contributed by atoms with E-state index in [1.165, 1.54) is 6.92 Å². The summed E-state index contributed by atoms with van der Waals surface area (Å²) in [4.78, 5) is 22.7. The molecule has 1 aromatic rings. The predicted octanol–water partition coefficient (Wildman–Crippen LogP) is 0.801. The molecule has 94 valence electrons. The molecule has 0 saturated heterocycles. The van der Waals surface area contributed by atoms with Crippen LogP contribution in [0.1, 0.15) is 12.5 Å². The summed E-state index contributed by atoms with van der Waals surface area (Å²) in [7, 11) is 0. The first-order valence-corrected chi connectivity index (χ1v) is 5.51. The zero-order valence-electron chi connectivity index (χ0n) is 10.1. The fraction of sp³-hybridized carbons (Fsp3) is 0.308. The molecule has 0 radical (unpaired) electrons. The second kappa shape index (κ2) is 7.07. The van der Waals surface area contributed by atoms with Gasteiger partial charge in [0.05, 0.1) is 6.42 Å². The SMILES string of the molecule is C[C@H](C#N)OC(=O)CNC(=O)Cc1ccccc1. The molecular weight excluding hydrogens is 232 g/mol. The Labute approximate surface area is 105 Å². The summed E-state index contributed by atoms with van der Waals surface area (Å²) in [5.41, 5.74) is 0.869. The van der Waals surface area contributed by atoms with Crippen LogP contribution in [0.5, 0.6) is 0 Å². The Morgan fingerprint density at radius 1 is 1.39 bits per heavy atom. The third-order valence-corrected chi connectivity index (χ3v) is 2.13. The molecule has 1 N–H and O–H groups in total. The van der Waals surface area contributed by atoms with E-state index in [-0.39, 0.29) is 18.9 Å². The van der Waals surface area contributed by atoms with Crippen LogP contribution in [0, 0.1) is 11.3 Å². The predicted molar refractivity (Wildman–Crippen MR) is 64.3 cm³/mol. The fourth-order valence-electron chi connectivity index (χ4n) is 1.28. The molecule has 1 rings (SSSR count). The summed E-state index contributed by atoms with van der Waals surface area (Å²) < 4.78 is 4.69. The number of rotatable bonds is 5. The van der Waals surface area contributed by atoms with Gasteiger partial charge in [-0.3, -0.25) is 9.59 Å². The van der Waals surface area contributed by atoms with Gasteiger partial charge in [0.15, 0.2) is 6.10 Å². The van der Waals surface area contributed by atoms with E-state index in [9.17, 15) is 9.59 Å². The van der Waals surface area contributed by atoms with Crippen molar-refractivity contribution in [2.24, 2.45) is 0 Å². The second-order valence-electron chi connectivity index (χ2n) is 3.70. The van der Waals surface area contributed by atoms with E-state index < -0.39 is 12.1 Å². The molecular formula is C13H14N2O3. The van der Waals surface area contributed by atoms with E-state index >= 15 is 0 Å². The first-order valence-electron chi connectivity index (χ1n) is 5.51. The summed E-state index contributed by atoms with van der Waals surface area (Å²) in [5.74, 6) is -0.881. The smallest absolute Gasteiger partial charge is 0.326 e. The molecule has 0 bridgehead atoms. The highest BCUT2D eigenvalue weighted by Crippen LogP contribution is 1.99. The minimum Gasteiger partial charge on any atom is -0.446 e. The van der Waals surface area contributed by atoms with Gasteiger partial charge in [0.2, 0.25) is 5.91 Å². The Hall–Kier alpha value is -2.35. The van der Waals surface area contributed by atoms with Crippen molar-refractivity contribution < 1.29 is 14.3 Å². The molecule has 5 heteroatoms. The second-order valence-corrected chi connectivity index (χ2v) is 3.70. The van der Waals surface area contributed by atoms with Gasteiger partial charge >= 0.3 is 5.97 Å². The van der Waals surface area contributed by atoms with Crippen molar-refractivity contribution in [2.45, 2.75) is 19.4 Å². The largest absolute Gasteiger partial charge is 0.446 e. The maximum atomic E-state index is 11.5. The lowest BCUT2D eigenvalue weighted by Gasteiger charge is -2.07. The van der Waals surface area contributed by atoms with Crippen LogP contribution >= 0.6 is 0 Å². The molecule has 1 atom stereocenters. The van der Waals surface area contributed by atoms with Gasteiger partial charge in [-0.2, -0.15) is 5.26 Å². The van der Waals surface area contributed by atoms with Crippen molar-refractivity contribution in [1.29, 1.82) is 5.26 Å². The normalized spacial score (nSPS) is 11.1. The van der Waals surface area contributed by atoms with Gasteiger partial charge in [-0.25, -0.2) is 0 Å². The topological polar surface area (TPSA) is 79.2 Å². The molecule has 0 heterocycles. The third kappa shape index (κ3) is 5.12. The number of hydrogen-bond donors (Lipinski definition) is 1. The van der Waals surface area contributed by atoms with Crippen molar-refractivity contribution in [1.82, 2.24) is 5.32 Å². The molecule has 0 spiro atoms. The van der Waals surface area contributed by atoms with Crippen LogP contribution in [0.25, 0.3) is 0 Å². The van der Waals surface area contributed by atoms with E-state index in [2.05, 4.69) is 10.1 Å². The van der Waals surface area contributed by atoms with Crippen molar-refractivity contribution >= 4 is 11.9 Å².